The van der Waals surface area contributed by atoms with Crippen LogP contribution in [0.2, 0.25) is 0 Å². The lowest BCUT2D eigenvalue weighted by molar-refractivity contribution is -0.147. The molecule has 0 amide bonds. The van der Waals surface area contributed by atoms with Gasteiger partial charge in [-0.05, 0) is 23.5 Å². The second-order valence-electron chi connectivity index (χ2n) is 8.26. The van der Waals surface area contributed by atoms with Gasteiger partial charge in [0, 0.05) is 17.7 Å². The highest BCUT2D eigenvalue weighted by Gasteiger charge is 2.62. The molecule has 1 aromatic carbocycles. The SMILES string of the molecule is CC(C)CO/N=C/C1C(C(=O)OCc2cccc(-c3ccccc3)n2)C1(C)C. The maximum atomic E-state index is 12.5. The lowest BCUT2D eigenvalue weighted by Gasteiger charge is -2.07. The van der Waals surface area contributed by atoms with E-state index in [2.05, 4.69) is 24.0 Å². The number of hydrogen-bond acceptors (Lipinski definition) is 5. The van der Waals surface area contributed by atoms with Crippen LogP contribution in [0.5, 0.6) is 0 Å². The molecule has 0 N–H and O–H groups in total. The number of esters is 1. The van der Waals surface area contributed by atoms with E-state index in [-0.39, 0.29) is 29.8 Å². The predicted molar refractivity (Wildman–Crippen MR) is 110 cm³/mol. The summed E-state index contributed by atoms with van der Waals surface area (Å²) in [5.74, 6) is 0.0495. The summed E-state index contributed by atoms with van der Waals surface area (Å²) in [6.45, 7) is 8.97. The number of nitrogens with zero attached hydrogens (tertiary/aromatic N) is 2. The quantitative estimate of drug-likeness (QED) is 0.378. The van der Waals surface area contributed by atoms with Gasteiger partial charge in [0.2, 0.25) is 0 Å². The van der Waals surface area contributed by atoms with Crippen molar-refractivity contribution >= 4 is 12.2 Å². The second kappa shape index (κ2) is 8.55. The van der Waals surface area contributed by atoms with Crippen molar-refractivity contribution in [2.24, 2.45) is 28.3 Å². The van der Waals surface area contributed by atoms with Crippen molar-refractivity contribution in [3.63, 3.8) is 0 Å². The molecule has 1 heterocycles. The van der Waals surface area contributed by atoms with E-state index in [1.54, 1.807) is 6.21 Å². The standard InChI is InChI=1S/C23H28N2O3/c1-16(2)14-28-24-13-19-21(23(19,3)4)22(26)27-15-18-11-8-12-20(25-18)17-9-6-5-7-10-17/h5-13,16,19,21H,14-15H2,1-4H3/b24-13+. The molecular weight excluding hydrogens is 352 g/mol. The second-order valence-corrected chi connectivity index (χ2v) is 8.26. The number of oxime groups is 1. The third kappa shape index (κ3) is 4.77. The lowest BCUT2D eigenvalue weighted by Crippen LogP contribution is -2.11. The van der Waals surface area contributed by atoms with Crippen molar-refractivity contribution in [1.29, 1.82) is 0 Å². The molecule has 0 spiro atoms. The van der Waals surface area contributed by atoms with Crippen LogP contribution in [-0.2, 0) is 21.0 Å². The van der Waals surface area contributed by atoms with Crippen molar-refractivity contribution in [3.05, 3.63) is 54.2 Å². The fraction of sp³-hybridized carbons (Fsp3) is 0.435. The number of aromatic nitrogens is 1. The number of pyridine rings is 1. The van der Waals surface area contributed by atoms with Crippen molar-refractivity contribution in [2.75, 3.05) is 6.61 Å². The summed E-state index contributed by atoms with van der Waals surface area (Å²) in [6, 6.07) is 15.7. The van der Waals surface area contributed by atoms with Gasteiger partial charge in [0.25, 0.3) is 0 Å². The van der Waals surface area contributed by atoms with Crippen LogP contribution in [0.1, 0.15) is 33.4 Å². The fourth-order valence-corrected chi connectivity index (χ4v) is 3.27. The first-order chi connectivity index (χ1) is 13.4. The monoisotopic (exact) mass is 380 g/mol. The molecule has 148 valence electrons. The van der Waals surface area contributed by atoms with Gasteiger partial charge in [0.15, 0.2) is 0 Å². The predicted octanol–water partition coefficient (Wildman–Crippen LogP) is 4.72. The molecule has 2 aromatic rings. The molecule has 0 bridgehead atoms. The van der Waals surface area contributed by atoms with Gasteiger partial charge in [-0.25, -0.2) is 4.98 Å². The van der Waals surface area contributed by atoms with Gasteiger partial charge >= 0.3 is 5.97 Å². The number of carbonyl (C=O) groups is 1. The first-order valence-corrected chi connectivity index (χ1v) is 9.73. The topological polar surface area (TPSA) is 60.8 Å². The average molecular weight is 380 g/mol. The Labute approximate surface area is 166 Å². The first kappa shape index (κ1) is 20.1. The Balaban J connectivity index is 1.56. The third-order valence-electron chi connectivity index (χ3n) is 5.11. The number of ether oxygens (including phenoxy) is 1. The molecule has 5 heteroatoms. The van der Waals surface area contributed by atoms with Crippen LogP contribution < -0.4 is 0 Å². The first-order valence-electron chi connectivity index (χ1n) is 9.73. The zero-order valence-corrected chi connectivity index (χ0v) is 17.0. The maximum absolute atomic E-state index is 12.5. The van der Waals surface area contributed by atoms with Gasteiger partial charge in [0.05, 0.1) is 17.3 Å². The summed E-state index contributed by atoms with van der Waals surface area (Å²) in [5.41, 5.74) is 2.48. The number of carbonyl (C=O) groups excluding carboxylic acids is 1. The summed E-state index contributed by atoms with van der Waals surface area (Å²) < 4.78 is 5.55. The molecule has 3 rings (SSSR count). The molecule has 1 fully saturated rings. The van der Waals surface area contributed by atoms with E-state index in [1.165, 1.54) is 0 Å². The normalized spacial score (nSPS) is 20.3. The molecule has 0 aliphatic heterocycles. The Morgan fingerprint density at radius 3 is 2.64 bits per heavy atom. The minimum Gasteiger partial charge on any atom is -0.459 e. The van der Waals surface area contributed by atoms with Crippen LogP contribution in [0.4, 0.5) is 0 Å². The summed E-state index contributed by atoms with van der Waals surface area (Å²) in [7, 11) is 0. The minimum absolute atomic E-state index is 0.0378. The zero-order valence-electron chi connectivity index (χ0n) is 17.0. The average Bonchev–Trinajstić information content (AvgIpc) is 3.24. The van der Waals surface area contributed by atoms with E-state index in [4.69, 9.17) is 9.57 Å². The Morgan fingerprint density at radius 2 is 1.93 bits per heavy atom. The molecule has 0 radical (unpaired) electrons. The van der Waals surface area contributed by atoms with Gasteiger partial charge in [0.1, 0.15) is 13.2 Å². The van der Waals surface area contributed by atoms with Crippen LogP contribution in [0.3, 0.4) is 0 Å². The molecule has 1 aliphatic rings. The van der Waals surface area contributed by atoms with Crippen molar-refractivity contribution in [2.45, 2.75) is 34.3 Å². The van der Waals surface area contributed by atoms with Gasteiger partial charge in [-0.15, -0.1) is 0 Å². The van der Waals surface area contributed by atoms with Crippen LogP contribution in [0.15, 0.2) is 53.7 Å². The number of rotatable bonds is 8. The minimum atomic E-state index is -0.211. The highest BCUT2D eigenvalue weighted by molar-refractivity contribution is 5.85. The zero-order chi connectivity index (χ0) is 20.1. The van der Waals surface area contributed by atoms with E-state index in [0.717, 1.165) is 17.0 Å². The summed E-state index contributed by atoms with van der Waals surface area (Å²) in [6.07, 6.45) is 1.74. The molecule has 1 aliphatic carbocycles. The molecule has 2 unspecified atom stereocenters. The van der Waals surface area contributed by atoms with Gasteiger partial charge in [-0.1, -0.05) is 69.2 Å². The van der Waals surface area contributed by atoms with E-state index in [9.17, 15) is 4.79 Å². The van der Waals surface area contributed by atoms with Crippen molar-refractivity contribution in [1.82, 2.24) is 4.98 Å². The molecule has 5 nitrogen and oxygen atoms in total. The van der Waals surface area contributed by atoms with Crippen molar-refractivity contribution < 1.29 is 14.4 Å². The Bertz CT molecular complexity index is 831. The van der Waals surface area contributed by atoms with Gasteiger partial charge in [-0.2, -0.15) is 0 Å². The number of hydrogen-bond donors (Lipinski definition) is 0. The highest BCUT2D eigenvalue weighted by atomic mass is 16.6. The number of benzene rings is 1. The van der Waals surface area contributed by atoms with Crippen LogP contribution in [0.25, 0.3) is 11.3 Å². The Hall–Kier alpha value is -2.69. The smallest absolute Gasteiger partial charge is 0.310 e. The maximum Gasteiger partial charge on any atom is 0.310 e. The fourth-order valence-electron chi connectivity index (χ4n) is 3.27. The molecule has 0 saturated heterocycles. The molecular formula is C23H28N2O3. The Morgan fingerprint density at radius 1 is 1.18 bits per heavy atom. The summed E-state index contributed by atoms with van der Waals surface area (Å²) in [5, 5.41) is 4.02. The van der Waals surface area contributed by atoms with E-state index < -0.39 is 0 Å². The van der Waals surface area contributed by atoms with Crippen molar-refractivity contribution in [3.8, 4) is 11.3 Å². The lowest BCUT2D eigenvalue weighted by atomic mass is 10.1. The molecule has 28 heavy (non-hydrogen) atoms. The molecule has 2 atom stereocenters. The highest BCUT2D eigenvalue weighted by Crippen LogP contribution is 2.57. The van der Waals surface area contributed by atoms with Crippen LogP contribution >= 0.6 is 0 Å². The van der Waals surface area contributed by atoms with Crippen LogP contribution in [-0.4, -0.2) is 23.8 Å². The van der Waals surface area contributed by atoms with E-state index >= 15 is 0 Å². The third-order valence-corrected chi connectivity index (χ3v) is 5.11. The largest absolute Gasteiger partial charge is 0.459 e. The summed E-state index contributed by atoms with van der Waals surface area (Å²) >= 11 is 0. The molecule has 1 saturated carbocycles. The van der Waals surface area contributed by atoms with Crippen LogP contribution in [0, 0.1) is 23.2 Å². The van der Waals surface area contributed by atoms with Gasteiger partial charge < -0.3 is 9.57 Å². The van der Waals surface area contributed by atoms with Gasteiger partial charge in [-0.3, -0.25) is 4.79 Å². The van der Waals surface area contributed by atoms with E-state index in [0.29, 0.717) is 12.5 Å². The Kier molecular flexibility index (Phi) is 6.12. The molecule has 1 aromatic heterocycles. The summed E-state index contributed by atoms with van der Waals surface area (Å²) in [4.78, 5) is 22.4. The van der Waals surface area contributed by atoms with E-state index in [1.807, 2.05) is 62.4 Å².